The molecule has 5 nitrogen and oxygen atoms in total. The molecule has 1 aliphatic rings. The van der Waals surface area contributed by atoms with Gasteiger partial charge in [0.2, 0.25) is 11.5 Å². The van der Waals surface area contributed by atoms with E-state index in [-0.39, 0.29) is 11.7 Å². The molecule has 0 spiro atoms. The van der Waals surface area contributed by atoms with Gasteiger partial charge in [-0.25, -0.2) is 0 Å². The minimum Gasteiger partial charge on any atom is -0.463 e. The number of amides is 1. The van der Waals surface area contributed by atoms with E-state index in [1.54, 1.807) is 0 Å². The zero-order valence-corrected chi connectivity index (χ0v) is 14.1. The number of likely N-dealkylation sites (tertiary alicyclic amines) is 1. The average molecular weight is 348 g/mol. The predicted octanol–water partition coefficient (Wildman–Crippen LogP) is 2.14. The Bertz CT molecular complexity index is 587. The Morgan fingerprint density at radius 2 is 2.12 bits per heavy atom. The number of furan rings is 1. The van der Waals surface area contributed by atoms with E-state index < -0.39 is 29.9 Å². The summed E-state index contributed by atoms with van der Waals surface area (Å²) in [4.78, 5) is 15.6. The van der Waals surface area contributed by atoms with Crippen LogP contribution in [0.25, 0.3) is 0 Å². The molecule has 2 heterocycles. The number of carbonyl (C=O) groups excluding carboxylic acids is 1. The summed E-state index contributed by atoms with van der Waals surface area (Å²) >= 11 is 0. The molecule has 24 heavy (non-hydrogen) atoms. The number of alkyl halides is 3. The molecule has 0 bridgehead atoms. The molecular weight excluding hydrogens is 325 g/mol. The first-order chi connectivity index (χ1) is 11.0. The van der Waals surface area contributed by atoms with Gasteiger partial charge >= 0.3 is 6.18 Å². The summed E-state index contributed by atoms with van der Waals surface area (Å²) < 4.78 is 45.1. The summed E-state index contributed by atoms with van der Waals surface area (Å²) in [5.41, 5.74) is -3.32. The molecule has 0 aliphatic carbocycles. The third-order valence-electron chi connectivity index (χ3n) is 4.47. The molecule has 0 aromatic carbocycles. The van der Waals surface area contributed by atoms with Gasteiger partial charge in [-0.05, 0) is 45.0 Å². The topological polar surface area (TPSA) is 56.9 Å². The lowest BCUT2D eigenvalue weighted by atomic mass is 9.94. The fraction of sp³-hybridized carbons (Fsp3) is 0.688. The first-order valence-corrected chi connectivity index (χ1v) is 7.81. The van der Waals surface area contributed by atoms with Crippen molar-refractivity contribution < 1.29 is 27.5 Å². The van der Waals surface area contributed by atoms with Crippen LogP contribution in [0.4, 0.5) is 13.2 Å². The fourth-order valence-electron chi connectivity index (χ4n) is 3.00. The number of halogens is 3. The van der Waals surface area contributed by atoms with Gasteiger partial charge in [0.25, 0.3) is 0 Å². The highest BCUT2D eigenvalue weighted by Gasteiger charge is 2.58. The molecule has 0 radical (unpaired) electrons. The summed E-state index contributed by atoms with van der Waals surface area (Å²) in [6, 6.07) is 2.39. The normalized spacial score (nSPS) is 21.7. The summed E-state index contributed by atoms with van der Waals surface area (Å²) in [6.45, 7) is 3.56. The van der Waals surface area contributed by atoms with Gasteiger partial charge in [0.15, 0.2) is 0 Å². The molecule has 136 valence electrons. The van der Waals surface area contributed by atoms with E-state index in [1.165, 1.54) is 24.9 Å². The van der Waals surface area contributed by atoms with Crippen LogP contribution in [0.3, 0.4) is 0 Å². The van der Waals surface area contributed by atoms with E-state index in [9.17, 15) is 23.1 Å². The van der Waals surface area contributed by atoms with Crippen molar-refractivity contribution in [3.05, 3.63) is 23.7 Å². The van der Waals surface area contributed by atoms with Crippen molar-refractivity contribution >= 4 is 5.91 Å². The van der Waals surface area contributed by atoms with Crippen molar-refractivity contribution in [2.45, 2.75) is 31.5 Å². The van der Waals surface area contributed by atoms with Crippen LogP contribution >= 0.6 is 0 Å². The maximum Gasteiger partial charge on any atom is 0.425 e. The molecule has 1 amide bonds. The third kappa shape index (κ3) is 3.92. The number of aryl methyl sites for hydroxylation is 1. The lowest BCUT2D eigenvalue weighted by Gasteiger charge is -2.30. The van der Waals surface area contributed by atoms with Crippen LogP contribution in [-0.2, 0) is 10.4 Å². The Morgan fingerprint density at radius 1 is 1.46 bits per heavy atom. The Kier molecular flexibility index (Phi) is 5.29. The number of nitrogens with zero attached hydrogens (tertiary/aromatic N) is 2. The Morgan fingerprint density at radius 3 is 2.58 bits per heavy atom. The third-order valence-corrected chi connectivity index (χ3v) is 4.47. The Labute approximate surface area is 139 Å². The van der Waals surface area contributed by atoms with Crippen molar-refractivity contribution in [2.24, 2.45) is 5.92 Å². The lowest BCUT2D eigenvalue weighted by Crippen LogP contribution is -2.47. The summed E-state index contributed by atoms with van der Waals surface area (Å²) in [6.07, 6.45) is -5.21. The summed E-state index contributed by atoms with van der Waals surface area (Å²) in [5, 5.41) is 10.2. The highest BCUT2D eigenvalue weighted by atomic mass is 19.4. The lowest BCUT2D eigenvalue weighted by molar-refractivity contribution is -0.274. The van der Waals surface area contributed by atoms with E-state index in [0.29, 0.717) is 6.54 Å². The van der Waals surface area contributed by atoms with E-state index in [2.05, 4.69) is 4.90 Å². The number of hydrogen-bond donors (Lipinski definition) is 1. The van der Waals surface area contributed by atoms with Crippen LogP contribution in [0.2, 0.25) is 0 Å². The fourth-order valence-corrected chi connectivity index (χ4v) is 3.00. The minimum absolute atomic E-state index is 0.230. The molecule has 1 saturated heterocycles. The highest BCUT2D eigenvalue weighted by Crippen LogP contribution is 2.42. The zero-order valence-electron chi connectivity index (χ0n) is 14.1. The zero-order chi connectivity index (χ0) is 18.1. The van der Waals surface area contributed by atoms with Crippen LogP contribution in [0.1, 0.15) is 24.4 Å². The van der Waals surface area contributed by atoms with Gasteiger partial charge in [0.05, 0.1) is 6.42 Å². The maximum absolute atomic E-state index is 13.4. The van der Waals surface area contributed by atoms with Crippen LogP contribution in [0.5, 0.6) is 0 Å². The van der Waals surface area contributed by atoms with E-state index in [0.717, 1.165) is 25.6 Å². The quantitative estimate of drug-likeness (QED) is 0.886. The first-order valence-electron chi connectivity index (χ1n) is 7.81. The molecule has 2 rings (SSSR count). The van der Waals surface area contributed by atoms with Crippen molar-refractivity contribution in [1.82, 2.24) is 9.80 Å². The second-order valence-corrected chi connectivity index (χ2v) is 6.64. The smallest absolute Gasteiger partial charge is 0.425 e. The summed E-state index contributed by atoms with van der Waals surface area (Å²) in [7, 11) is 3.42. The van der Waals surface area contributed by atoms with Gasteiger partial charge < -0.3 is 19.3 Å². The molecule has 8 heteroatoms. The standard InChI is InChI=1S/C16H23F3N2O3/c1-11-4-5-13(24-11)15(23,16(17,18)19)8-14(22)21(3)10-12-6-7-20(2)9-12/h4-5,12,23H,6-10H2,1-3H3. The summed E-state index contributed by atoms with van der Waals surface area (Å²) in [5.74, 6) is -0.954. The second kappa shape index (κ2) is 6.76. The Balaban J connectivity index is 2.10. The first kappa shape index (κ1) is 18.8. The average Bonchev–Trinajstić information content (AvgIpc) is 3.06. The van der Waals surface area contributed by atoms with Gasteiger partial charge in [-0.15, -0.1) is 0 Å². The van der Waals surface area contributed by atoms with Gasteiger partial charge in [-0.1, -0.05) is 0 Å². The maximum atomic E-state index is 13.4. The molecule has 2 unspecified atom stereocenters. The number of aliphatic hydroxyl groups is 1. The van der Waals surface area contributed by atoms with Gasteiger partial charge in [0.1, 0.15) is 11.5 Å². The van der Waals surface area contributed by atoms with E-state index in [1.807, 2.05) is 7.05 Å². The molecule has 1 aromatic rings. The van der Waals surface area contributed by atoms with Gasteiger partial charge in [0, 0.05) is 20.1 Å². The molecule has 1 N–H and O–H groups in total. The van der Waals surface area contributed by atoms with E-state index in [4.69, 9.17) is 4.42 Å². The number of rotatable bonds is 5. The second-order valence-electron chi connectivity index (χ2n) is 6.64. The van der Waals surface area contributed by atoms with Crippen molar-refractivity contribution in [2.75, 3.05) is 33.7 Å². The Hall–Kier alpha value is -1.54. The number of hydrogen-bond acceptors (Lipinski definition) is 4. The van der Waals surface area contributed by atoms with Crippen molar-refractivity contribution in [3.63, 3.8) is 0 Å². The van der Waals surface area contributed by atoms with Crippen LogP contribution < -0.4 is 0 Å². The van der Waals surface area contributed by atoms with Crippen molar-refractivity contribution in [3.8, 4) is 0 Å². The van der Waals surface area contributed by atoms with E-state index >= 15 is 0 Å². The van der Waals surface area contributed by atoms with Crippen molar-refractivity contribution in [1.29, 1.82) is 0 Å². The molecule has 2 atom stereocenters. The molecular formula is C16H23F3N2O3. The predicted molar refractivity (Wildman–Crippen MR) is 81.3 cm³/mol. The van der Waals surface area contributed by atoms with Crippen LogP contribution in [0.15, 0.2) is 16.5 Å². The van der Waals surface area contributed by atoms with Gasteiger partial charge in [-0.3, -0.25) is 4.79 Å². The highest BCUT2D eigenvalue weighted by molar-refractivity contribution is 5.77. The van der Waals surface area contributed by atoms with Crippen LogP contribution in [0, 0.1) is 12.8 Å². The minimum atomic E-state index is -5.01. The molecule has 1 aromatic heterocycles. The molecule has 1 fully saturated rings. The molecule has 0 saturated carbocycles. The van der Waals surface area contributed by atoms with Gasteiger partial charge in [-0.2, -0.15) is 13.2 Å². The monoisotopic (exact) mass is 348 g/mol. The largest absolute Gasteiger partial charge is 0.463 e. The van der Waals surface area contributed by atoms with Crippen LogP contribution in [-0.4, -0.2) is 60.7 Å². The molecule has 1 aliphatic heterocycles. The number of carbonyl (C=O) groups is 1. The SMILES string of the molecule is Cc1ccc(C(O)(CC(=O)N(C)CC2CCN(C)C2)C(F)(F)F)o1.